The van der Waals surface area contributed by atoms with Gasteiger partial charge in [-0.3, -0.25) is 14.4 Å². The molecule has 0 N–H and O–H groups in total. The molecule has 1 aromatic heterocycles. The van der Waals surface area contributed by atoms with Crippen molar-refractivity contribution in [3.05, 3.63) is 49.6 Å². The zero-order valence-corrected chi connectivity index (χ0v) is 14.6. The van der Waals surface area contributed by atoms with Crippen molar-refractivity contribution in [2.24, 2.45) is 0 Å². The predicted octanol–water partition coefficient (Wildman–Crippen LogP) is 3.04. The second kappa shape index (κ2) is 6.73. The first-order valence-electron chi connectivity index (χ1n) is 8.00. The minimum atomic E-state index is -0.392. The average Bonchev–Trinajstić information content (AvgIpc) is 2.79. The van der Waals surface area contributed by atoms with Crippen molar-refractivity contribution in [2.45, 2.75) is 46.1 Å². The van der Waals surface area contributed by atoms with Crippen LogP contribution in [0.2, 0.25) is 0 Å². The van der Waals surface area contributed by atoms with E-state index in [-0.39, 0.29) is 17.1 Å². The number of carbonyl (C=O) groups is 2. The third kappa shape index (κ3) is 3.19. The highest BCUT2D eigenvalue weighted by Gasteiger charge is 2.21. The molecule has 1 aliphatic rings. The van der Waals surface area contributed by atoms with Gasteiger partial charge in [0.25, 0.3) is 0 Å². The average molecular weight is 345 g/mol. The molecule has 0 fully saturated rings. The fourth-order valence-corrected chi connectivity index (χ4v) is 3.82. The Morgan fingerprint density at radius 3 is 2.75 bits per heavy atom. The Kier molecular flexibility index (Phi) is 4.66. The standard InChI is InChI=1S/C18H19NO4S/c1-11-12(2)24-18(22)19(11)10-9-17(21)23-16-8-4-5-13-14(16)6-3-7-15(13)20/h4-5,8H,3,6-7,9-10H2,1-2H3. The lowest BCUT2D eigenvalue weighted by molar-refractivity contribution is -0.134. The Hall–Kier alpha value is -2.21. The van der Waals surface area contributed by atoms with Crippen LogP contribution in [-0.2, 0) is 17.8 Å². The van der Waals surface area contributed by atoms with Crippen molar-refractivity contribution in [2.75, 3.05) is 0 Å². The number of ether oxygens (including phenoxy) is 1. The van der Waals surface area contributed by atoms with Crippen LogP contribution in [0.5, 0.6) is 5.75 Å². The van der Waals surface area contributed by atoms with Crippen molar-refractivity contribution in [1.29, 1.82) is 0 Å². The van der Waals surface area contributed by atoms with Gasteiger partial charge in [-0.2, -0.15) is 0 Å². The lowest BCUT2D eigenvalue weighted by Crippen LogP contribution is -2.20. The van der Waals surface area contributed by atoms with Crippen molar-refractivity contribution in [3.63, 3.8) is 0 Å². The molecule has 2 aromatic rings. The second-order valence-electron chi connectivity index (χ2n) is 5.94. The van der Waals surface area contributed by atoms with E-state index in [1.54, 1.807) is 22.8 Å². The fraction of sp³-hybridized carbons (Fsp3) is 0.389. The highest BCUT2D eigenvalue weighted by Crippen LogP contribution is 2.29. The summed E-state index contributed by atoms with van der Waals surface area (Å²) in [7, 11) is 0. The first-order valence-corrected chi connectivity index (χ1v) is 8.81. The summed E-state index contributed by atoms with van der Waals surface area (Å²) in [6.45, 7) is 4.07. The largest absolute Gasteiger partial charge is 0.426 e. The predicted molar refractivity (Wildman–Crippen MR) is 92.0 cm³/mol. The highest BCUT2D eigenvalue weighted by atomic mass is 32.1. The van der Waals surface area contributed by atoms with Crippen LogP contribution in [-0.4, -0.2) is 16.3 Å². The summed E-state index contributed by atoms with van der Waals surface area (Å²) in [5.74, 6) is 0.178. The van der Waals surface area contributed by atoms with Gasteiger partial charge < -0.3 is 9.30 Å². The number of rotatable bonds is 4. The second-order valence-corrected chi connectivity index (χ2v) is 7.11. The Morgan fingerprint density at radius 2 is 2.04 bits per heavy atom. The summed E-state index contributed by atoms with van der Waals surface area (Å²) < 4.78 is 7.07. The maximum atomic E-state index is 12.2. The van der Waals surface area contributed by atoms with Crippen LogP contribution >= 0.6 is 11.3 Å². The summed E-state index contributed by atoms with van der Waals surface area (Å²) in [4.78, 5) is 36.9. The number of carbonyl (C=O) groups excluding carboxylic acids is 2. The van der Waals surface area contributed by atoms with Crippen molar-refractivity contribution >= 4 is 23.1 Å². The summed E-state index contributed by atoms with van der Waals surface area (Å²) in [6, 6.07) is 5.24. The molecular weight excluding hydrogens is 326 g/mol. The number of Topliss-reactive ketones (excluding diaryl/α,β-unsaturated/α-hetero) is 1. The molecule has 24 heavy (non-hydrogen) atoms. The lowest BCUT2D eigenvalue weighted by Gasteiger charge is -2.17. The smallest absolute Gasteiger partial charge is 0.313 e. The van der Waals surface area contributed by atoms with Gasteiger partial charge in [0.15, 0.2) is 5.78 Å². The van der Waals surface area contributed by atoms with E-state index in [4.69, 9.17) is 4.74 Å². The van der Waals surface area contributed by atoms with E-state index in [0.717, 1.165) is 29.0 Å². The van der Waals surface area contributed by atoms with Gasteiger partial charge in [-0.25, -0.2) is 0 Å². The summed E-state index contributed by atoms with van der Waals surface area (Å²) in [5.41, 5.74) is 2.37. The Labute approximate surface area is 143 Å². The summed E-state index contributed by atoms with van der Waals surface area (Å²) >= 11 is 1.19. The number of hydrogen-bond donors (Lipinski definition) is 0. The zero-order chi connectivity index (χ0) is 17.3. The van der Waals surface area contributed by atoms with Crippen LogP contribution < -0.4 is 9.61 Å². The number of fused-ring (bicyclic) bond motifs is 1. The van der Waals surface area contributed by atoms with Gasteiger partial charge in [0.1, 0.15) is 5.75 Å². The van der Waals surface area contributed by atoms with Gasteiger partial charge in [-0.15, -0.1) is 0 Å². The molecule has 0 spiro atoms. The number of nitrogens with zero attached hydrogens (tertiary/aromatic N) is 1. The van der Waals surface area contributed by atoms with E-state index in [9.17, 15) is 14.4 Å². The first kappa shape index (κ1) is 16.6. The van der Waals surface area contributed by atoms with E-state index >= 15 is 0 Å². The van der Waals surface area contributed by atoms with E-state index in [1.807, 2.05) is 13.8 Å². The van der Waals surface area contributed by atoms with Gasteiger partial charge in [0.2, 0.25) is 0 Å². The SMILES string of the molecule is Cc1sc(=O)n(CCC(=O)Oc2cccc3c2CCCC3=O)c1C. The molecule has 3 rings (SSSR count). The number of ketones is 1. The Morgan fingerprint density at radius 1 is 1.25 bits per heavy atom. The third-order valence-electron chi connectivity index (χ3n) is 4.40. The van der Waals surface area contributed by atoms with Crippen molar-refractivity contribution < 1.29 is 14.3 Å². The molecule has 6 heteroatoms. The number of esters is 1. The van der Waals surface area contributed by atoms with Crippen molar-refractivity contribution in [3.8, 4) is 5.75 Å². The van der Waals surface area contributed by atoms with Crippen LogP contribution in [0.25, 0.3) is 0 Å². The third-order valence-corrected chi connectivity index (χ3v) is 5.40. The minimum absolute atomic E-state index is 0.0551. The molecular formula is C18H19NO4S. The molecule has 0 aliphatic heterocycles. The topological polar surface area (TPSA) is 65.4 Å². The maximum absolute atomic E-state index is 12.2. The monoisotopic (exact) mass is 345 g/mol. The normalized spacial score (nSPS) is 13.7. The quantitative estimate of drug-likeness (QED) is 0.631. The molecule has 1 heterocycles. The summed E-state index contributed by atoms with van der Waals surface area (Å²) in [6.07, 6.45) is 2.19. The van der Waals surface area contributed by atoms with Gasteiger partial charge in [-0.1, -0.05) is 23.5 Å². The van der Waals surface area contributed by atoms with E-state index in [0.29, 0.717) is 24.3 Å². The molecule has 1 aliphatic carbocycles. The number of hydrogen-bond acceptors (Lipinski definition) is 5. The molecule has 0 unspecified atom stereocenters. The Bertz CT molecular complexity index is 862. The zero-order valence-electron chi connectivity index (χ0n) is 13.8. The van der Waals surface area contributed by atoms with E-state index in [2.05, 4.69) is 0 Å². The van der Waals surface area contributed by atoms with Crippen LogP contribution in [0.3, 0.4) is 0 Å². The van der Waals surface area contributed by atoms with Crippen LogP contribution in [0.1, 0.15) is 45.8 Å². The van der Waals surface area contributed by atoms with E-state index in [1.165, 1.54) is 11.3 Å². The number of aryl methyl sites for hydroxylation is 1. The number of thiazole rings is 1. The van der Waals surface area contributed by atoms with Crippen LogP contribution in [0.15, 0.2) is 23.0 Å². The molecule has 0 saturated carbocycles. The van der Waals surface area contributed by atoms with Gasteiger partial charge >= 0.3 is 10.8 Å². The minimum Gasteiger partial charge on any atom is -0.426 e. The molecule has 0 bridgehead atoms. The summed E-state index contributed by atoms with van der Waals surface area (Å²) in [5, 5.41) is 0. The van der Waals surface area contributed by atoms with E-state index < -0.39 is 5.97 Å². The molecule has 0 amide bonds. The lowest BCUT2D eigenvalue weighted by atomic mass is 9.90. The molecule has 126 valence electrons. The van der Waals surface area contributed by atoms with Crippen LogP contribution in [0, 0.1) is 13.8 Å². The van der Waals surface area contributed by atoms with Gasteiger partial charge in [-0.05, 0) is 32.8 Å². The van der Waals surface area contributed by atoms with Crippen LogP contribution in [0.4, 0.5) is 0 Å². The number of benzene rings is 1. The first-order chi connectivity index (χ1) is 11.5. The van der Waals surface area contributed by atoms with Gasteiger partial charge in [0.05, 0.1) is 6.42 Å². The maximum Gasteiger partial charge on any atom is 0.313 e. The highest BCUT2D eigenvalue weighted by molar-refractivity contribution is 7.09. The molecule has 0 atom stereocenters. The molecule has 1 aromatic carbocycles. The number of aromatic nitrogens is 1. The van der Waals surface area contributed by atoms with Crippen molar-refractivity contribution in [1.82, 2.24) is 4.57 Å². The molecule has 0 radical (unpaired) electrons. The molecule has 0 saturated heterocycles. The Balaban J connectivity index is 1.71. The fourth-order valence-electron chi connectivity index (χ4n) is 2.96. The van der Waals surface area contributed by atoms with Gasteiger partial charge in [0, 0.05) is 34.7 Å². The molecule has 5 nitrogen and oxygen atoms in total.